The van der Waals surface area contributed by atoms with Crippen molar-refractivity contribution < 1.29 is 9.53 Å². The summed E-state index contributed by atoms with van der Waals surface area (Å²) in [4.78, 5) is 19.3. The van der Waals surface area contributed by atoms with E-state index in [1.54, 1.807) is 0 Å². The molecule has 0 aromatic heterocycles. The first-order valence-electron chi connectivity index (χ1n) is 10.6. The number of likely N-dealkylation sites (tertiary alicyclic amines) is 1. The molecule has 0 N–H and O–H groups in total. The molecule has 2 aromatic carbocycles. The van der Waals surface area contributed by atoms with Gasteiger partial charge in [0, 0.05) is 58.1 Å². The Hall–Kier alpha value is -2.53. The Bertz CT molecular complexity index is 826. The average Bonchev–Trinajstić information content (AvgIpc) is 2.75. The summed E-state index contributed by atoms with van der Waals surface area (Å²) in [5.74, 6) is 1.14. The van der Waals surface area contributed by atoms with E-state index in [9.17, 15) is 4.79 Å². The highest BCUT2D eigenvalue weighted by Crippen LogP contribution is 2.23. The van der Waals surface area contributed by atoms with Crippen molar-refractivity contribution in [2.45, 2.75) is 25.4 Å². The molecule has 0 aliphatic carbocycles. The minimum Gasteiger partial charge on any atom is -0.490 e. The largest absolute Gasteiger partial charge is 0.490 e. The third-order valence-electron chi connectivity index (χ3n) is 6.06. The molecule has 0 atom stereocenters. The summed E-state index contributed by atoms with van der Waals surface area (Å²) >= 11 is 0. The van der Waals surface area contributed by atoms with E-state index in [1.807, 2.05) is 37.2 Å². The SMILES string of the molecule is CN(C)c1ccc(OC2CCN(CCN3CCc4ccccc4C3=O)CC2)cc1. The summed E-state index contributed by atoms with van der Waals surface area (Å²) in [5, 5.41) is 0. The minimum atomic E-state index is 0.186. The molecule has 29 heavy (non-hydrogen) atoms. The zero-order valence-corrected chi connectivity index (χ0v) is 17.5. The van der Waals surface area contributed by atoms with Crippen LogP contribution in [0.15, 0.2) is 48.5 Å². The lowest BCUT2D eigenvalue weighted by Crippen LogP contribution is -2.45. The maximum atomic E-state index is 12.7. The predicted octanol–water partition coefficient (Wildman–Crippen LogP) is 3.29. The highest BCUT2D eigenvalue weighted by atomic mass is 16.5. The van der Waals surface area contributed by atoms with Crippen molar-refractivity contribution in [2.75, 3.05) is 51.7 Å². The van der Waals surface area contributed by atoms with Crippen LogP contribution in [0.5, 0.6) is 5.75 Å². The standard InChI is InChI=1S/C24H31N3O2/c1-25(2)20-7-9-21(10-8-20)29-22-12-14-26(15-13-22)17-18-27-16-11-19-5-3-4-6-23(19)24(27)28/h3-10,22H,11-18H2,1-2H3. The number of nitrogens with zero attached hydrogens (tertiary/aromatic N) is 3. The summed E-state index contributed by atoms with van der Waals surface area (Å²) in [5.41, 5.74) is 3.25. The second-order valence-corrected chi connectivity index (χ2v) is 8.25. The molecule has 4 rings (SSSR count). The van der Waals surface area contributed by atoms with Gasteiger partial charge in [-0.15, -0.1) is 0 Å². The Kier molecular flexibility index (Phi) is 6.05. The van der Waals surface area contributed by atoms with Gasteiger partial charge in [-0.05, 0) is 55.2 Å². The quantitative estimate of drug-likeness (QED) is 0.755. The summed E-state index contributed by atoms with van der Waals surface area (Å²) in [6.45, 7) is 4.64. The van der Waals surface area contributed by atoms with Crippen LogP contribution in [0, 0.1) is 0 Å². The number of piperidine rings is 1. The zero-order chi connectivity index (χ0) is 20.2. The molecule has 0 saturated carbocycles. The molecule has 2 aliphatic heterocycles. The van der Waals surface area contributed by atoms with E-state index in [1.165, 1.54) is 11.3 Å². The van der Waals surface area contributed by atoms with Crippen molar-refractivity contribution in [3.63, 3.8) is 0 Å². The number of anilines is 1. The van der Waals surface area contributed by atoms with Gasteiger partial charge in [0.2, 0.25) is 0 Å². The molecule has 1 saturated heterocycles. The first kappa shape index (κ1) is 19.8. The highest BCUT2D eigenvalue weighted by molar-refractivity contribution is 5.96. The van der Waals surface area contributed by atoms with Gasteiger partial charge in [0.15, 0.2) is 0 Å². The zero-order valence-electron chi connectivity index (χ0n) is 17.5. The maximum Gasteiger partial charge on any atom is 0.254 e. The van der Waals surface area contributed by atoms with Crippen LogP contribution >= 0.6 is 0 Å². The lowest BCUT2D eigenvalue weighted by molar-refractivity contribution is 0.0667. The van der Waals surface area contributed by atoms with Crippen LogP contribution in [0.3, 0.4) is 0 Å². The fourth-order valence-corrected chi connectivity index (χ4v) is 4.22. The molecule has 0 bridgehead atoms. The van der Waals surface area contributed by atoms with Gasteiger partial charge in [0.25, 0.3) is 5.91 Å². The highest BCUT2D eigenvalue weighted by Gasteiger charge is 2.25. The molecule has 1 fully saturated rings. The van der Waals surface area contributed by atoms with Crippen molar-refractivity contribution in [3.05, 3.63) is 59.7 Å². The summed E-state index contributed by atoms with van der Waals surface area (Å²) in [6, 6.07) is 16.3. The van der Waals surface area contributed by atoms with Gasteiger partial charge >= 0.3 is 0 Å². The number of fused-ring (bicyclic) bond motifs is 1. The third-order valence-corrected chi connectivity index (χ3v) is 6.06. The van der Waals surface area contributed by atoms with Crippen LogP contribution in [0.2, 0.25) is 0 Å². The molecule has 5 nitrogen and oxygen atoms in total. The number of hydrogen-bond acceptors (Lipinski definition) is 4. The number of amides is 1. The average molecular weight is 394 g/mol. The topological polar surface area (TPSA) is 36.0 Å². The van der Waals surface area contributed by atoms with E-state index >= 15 is 0 Å². The van der Waals surface area contributed by atoms with Gasteiger partial charge in [-0.3, -0.25) is 4.79 Å². The van der Waals surface area contributed by atoms with Crippen molar-refractivity contribution in [1.82, 2.24) is 9.80 Å². The van der Waals surface area contributed by atoms with E-state index in [4.69, 9.17) is 4.74 Å². The van der Waals surface area contributed by atoms with E-state index in [2.05, 4.69) is 40.1 Å². The summed E-state index contributed by atoms with van der Waals surface area (Å²) in [6.07, 6.45) is 3.31. The first-order chi connectivity index (χ1) is 14.1. The van der Waals surface area contributed by atoms with Crippen LogP contribution in [-0.4, -0.2) is 68.6 Å². The van der Waals surface area contributed by atoms with Crippen LogP contribution in [-0.2, 0) is 6.42 Å². The van der Waals surface area contributed by atoms with E-state index in [-0.39, 0.29) is 12.0 Å². The van der Waals surface area contributed by atoms with Crippen molar-refractivity contribution in [2.24, 2.45) is 0 Å². The van der Waals surface area contributed by atoms with Crippen LogP contribution in [0.1, 0.15) is 28.8 Å². The molecule has 1 amide bonds. The number of benzene rings is 2. The van der Waals surface area contributed by atoms with E-state index in [0.29, 0.717) is 0 Å². The Morgan fingerprint density at radius 3 is 2.41 bits per heavy atom. The lowest BCUT2D eigenvalue weighted by Gasteiger charge is -2.35. The minimum absolute atomic E-state index is 0.186. The summed E-state index contributed by atoms with van der Waals surface area (Å²) < 4.78 is 6.18. The van der Waals surface area contributed by atoms with Gasteiger partial charge in [-0.2, -0.15) is 0 Å². The van der Waals surface area contributed by atoms with Crippen LogP contribution in [0.4, 0.5) is 5.69 Å². The fourth-order valence-electron chi connectivity index (χ4n) is 4.22. The van der Waals surface area contributed by atoms with Gasteiger partial charge in [0.05, 0.1) is 0 Å². The fraction of sp³-hybridized carbons (Fsp3) is 0.458. The van der Waals surface area contributed by atoms with Crippen LogP contribution < -0.4 is 9.64 Å². The van der Waals surface area contributed by atoms with Crippen molar-refractivity contribution >= 4 is 11.6 Å². The Morgan fingerprint density at radius 2 is 1.69 bits per heavy atom. The normalized spacial score (nSPS) is 17.9. The first-order valence-corrected chi connectivity index (χ1v) is 10.6. The van der Waals surface area contributed by atoms with E-state index < -0.39 is 0 Å². The number of hydrogen-bond donors (Lipinski definition) is 0. The second-order valence-electron chi connectivity index (χ2n) is 8.25. The van der Waals surface area contributed by atoms with Crippen molar-refractivity contribution in [1.29, 1.82) is 0 Å². The third kappa shape index (κ3) is 4.73. The summed E-state index contributed by atoms with van der Waals surface area (Å²) in [7, 11) is 4.09. The van der Waals surface area contributed by atoms with E-state index in [0.717, 1.165) is 63.3 Å². The Labute approximate surface area is 173 Å². The smallest absolute Gasteiger partial charge is 0.254 e. The molecule has 2 heterocycles. The number of carbonyl (C=O) groups is 1. The monoisotopic (exact) mass is 393 g/mol. The molecule has 5 heteroatoms. The number of rotatable bonds is 6. The molecular formula is C24H31N3O2. The molecule has 154 valence electrons. The number of carbonyl (C=O) groups excluding carboxylic acids is 1. The van der Waals surface area contributed by atoms with Crippen molar-refractivity contribution in [3.8, 4) is 5.75 Å². The second kappa shape index (κ2) is 8.87. The molecule has 0 radical (unpaired) electrons. The van der Waals surface area contributed by atoms with Crippen LogP contribution in [0.25, 0.3) is 0 Å². The van der Waals surface area contributed by atoms with Gasteiger partial charge < -0.3 is 19.4 Å². The van der Waals surface area contributed by atoms with Gasteiger partial charge in [-0.25, -0.2) is 0 Å². The maximum absolute atomic E-state index is 12.7. The molecule has 0 spiro atoms. The Morgan fingerprint density at radius 1 is 0.966 bits per heavy atom. The predicted molar refractivity (Wildman–Crippen MR) is 117 cm³/mol. The Balaban J connectivity index is 1.22. The van der Waals surface area contributed by atoms with Gasteiger partial charge in [0.1, 0.15) is 11.9 Å². The molecule has 2 aromatic rings. The molecule has 0 unspecified atom stereocenters. The molecular weight excluding hydrogens is 362 g/mol. The number of ether oxygens (including phenoxy) is 1. The lowest BCUT2D eigenvalue weighted by atomic mass is 9.99. The molecule has 2 aliphatic rings. The van der Waals surface area contributed by atoms with Gasteiger partial charge in [-0.1, -0.05) is 18.2 Å².